The normalized spacial score (nSPS) is 10.8. The topological polar surface area (TPSA) is 9.23 Å². The standard InChI is InChI=1S/C10H9IOS2/c1-12-9-7(11)5-8(13-2)6-3-4-14-10(6)9/h3-5H,1-2H3. The molecule has 0 aliphatic heterocycles. The summed E-state index contributed by atoms with van der Waals surface area (Å²) < 4.78 is 7.85. The third-order valence-electron chi connectivity index (χ3n) is 2.04. The summed E-state index contributed by atoms with van der Waals surface area (Å²) in [6.45, 7) is 0. The lowest BCUT2D eigenvalue weighted by Crippen LogP contribution is -1.87. The van der Waals surface area contributed by atoms with Gasteiger partial charge in [0.1, 0.15) is 5.75 Å². The van der Waals surface area contributed by atoms with Gasteiger partial charge in [0, 0.05) is 10.3 Å². The van der Waals surface area contributed by atoms with E-state index in [0.29, 0.717) is 0 Å². The molecule has 4 heteroatoms. The van der Waals surface area contributed by atoms with Crippen molar-refractivity contribution >= 4 is 55.8 Å². The Bertz CT molecular complexity index is 464. The summed E-state index contributed by atoms with van der Waals surface area (Å²) in [5.41, 5.74) is 0. The predicted octanol–water partition coefficient (Wildman–Crippen LogP) is 4.24. The van der Waals surface area contributed by atoms with Crippen molar-refractivity contribution in [2.45, 2.75) is 4.90 Å². The zero-order valence-corrected chi connectivity index (χ0v) is 11.6. The van der Waals surface area contributed by atoms with Crippen LogP contribution >= 0.6 is 45.7 Å². The zero-order valence-electron chi connectivity index (χ0n) is 7.83. The number of hydrogen-bond donors (Lipinski definition) is 0. The molecular formula is C10H9IOS2. The highest BCUT2D eigenvalue weighted by Gasteiger charge is 2.11. The van der Waals surface area contributed by atoms with Crippen molar-refractivity contribution in [3.63, 3.8) is 0 Å². The van der Waals surface area contributed by atoms with Gasteiger partial charge in [-0.25, -0.2) is 0 Å². The Balaban J connectivity index is 2.81. The van der Waals surface area contributed by atoms with Gasteiger partial charge in [0.05, 0.1) is 15.4 Å². The van der Waals surface area contributed by atoms with Gasteiger partial charge in [-0.2, -0.15) is 0 Å². The minimum Gasteiger partial charge on any atom is -0.494 e. The summed E-state index contributed by atoms with van der Waals surface area (Å²) in [5.74, 6) is 1.01. The molecule has 0 bridgehead atoms. The largest absolute Gasteiger partial charge is 0.494 e. The molecule has 0 unspecified atom stereocenters. The molecule has 0 N–H and O–H groups in total. The van der Waals surface area contributed by atoms with Crippen molar-refractivity contribution in [3.05, 3.63) is 21.1 Å². The van der Waals surface area contributed by atoms with E-state index in [1.54, 1.807) is 30.2 Å². The molecule has 0 amide bonds. The van der Waals surface area contributed by atoms with Gasteiger partial charge in [-0.3, -0.25) is 0 Å². The molecule has 0 aliphatic rings. The van der Waals surface area contributed by atoms with E-state index in [1.165, 1.54) is 18.6 Å². The summed E-state index contributed by atoms with van der Waals surface area (Å²) in [5, 5.41) is 3.42. The van der Waals surface area contributed by atoms with Crippen molar-refractivity contribution in [3.8, 4) is 5.75 Å². The summed E-state index contributed by atoms with van der Waals surface area (Å²) in [6, 6.07) is 4.34. The van der Waals surface area contributed by atoms with Crippen molar-refractivity contribution < 1.29 is 4.74 Å². The van der Waals surface area contributed by atoms with Crippen LogP contribution < -0.4 is 4.74 Å². The highest BCUT2D eigenvalue weighted by molar-refractivity contribution is 14.1. The summed E-state index contributed by atoms with van der Waals surface area (Å²) in [4.78, 5) is 1.33. The summed E-state index contributed by atoms with van der Waals surface area (Å²) >= 11 is 5.84. The SMILES string of the molecule is COc1c(I)cc(SC)c2ccsc12. The van der Waals surface area contributed by atoms with Crippen LogP contribution in [-0.2, 0) is 0 Å². The number of fused-ring (bicyclic) bond motifs is 1. The zero-order chi connectivity index (χ0) is 10.1. The molecule has 1 nitrogen and oxygen atoms in total. The maximum Gasteiger partial charge on any atom is 0.150 e. The van der Waals surface area contributed by atoms with Crippen molar-refractivity contribution in [2.75, 3.05) is 13.4 Å². The number of thiophene rings is 1. The van der Waals surface area contributed by atoms with Crippen molar-refractivity contribution in [1.29, 1.82) is 0 Å². The van der Waals surface area contributed by atoms with Crippen LogP contribution in [0.4, 0.5) is 0 Å². The van der Waals surface area contributed by atoms with Gasteiger partial charge in [0.15, 0.2) is 0 Å². The lowest BCUT2D eigenvalue weighted by atomic mass is 10.2. The molecular weight excluding hydrogens is 327 g/mol. The molecule has 1 aromatic carbocycles. The Kier molecular flexibility index (Phi) is 3.23. The van der Waals surface area contributed by atoms with E-state index < -0.39 is 0 Å². The van der Waals surface area contributed by atoms with Crippen LogP contribution in [0.2, 0.25) is 0 Å². The molecule has 0 saturated heterocycles. The molecule has 74 valence electrons. The lowest BCUT2D eigenvalue weighted by Gasteiger charge is -2.07. The smallest absolute Gasteiger partial charge is 0.150 e. The van der Waals surface area contributed by atoms with Crippen LogP contribution in [0.3, 0.4) is 0 Å². The Labute approximate surface area is 105 Å². The van der Waals surface area contributed by atoms with Crippen molar-refractivity contribution in [2.24, 2.45) is 0 Å². The molecule has 14 heavy (non-hydrogen) atoms. The number of hydrogen-bond acceptors (Lipinski definition) is 3. The highest BCUT2D eigenvalue weighted by Crippen LogP contribution is 2.39. The van der Waals surface area contributed by atoms with Gasteiger partial charge in [0.2, 0.25) is 0 Å². The van der Waals surface area contributed by atoms with Gasteiger partial charge in [-0.15, -0.1) is 23.1 Å². The van der Waals surface area contributed by atoms with Crippen LogP contribution in [-0.4, -0.2) is 13.4 Å². The molecule has 0 saturated carbocycles. The first-order valence-corrected chi connectivity index (χ1v) is 7.24. The number of thioether (sulfide) groups is 1. The average molecular weight is 336 g/mol. The van der Waals surface area contributed by atoms with E-state index in [4.69, 9.17) is 4.74 Å². The quantitative estimate of drug-likeness (QED) is 0.599. The molecule has 0 radical (unpaired) electrons. The van der Waals surface area contributed by atoms with E-state index in [1.807, 2.05) is 0 Å². The predicted molar refractivity (Wildman–Crippen MR) is 72.9 cm³/mol. The average Bonchev–Trinajstić information content (AvgIpc) is 2.65. The fourth-order valence-electron chi connectivity index (χ4n) is 1.41. The second-order valence-electron chi connectivity index (χ2n) is 2.76. The van der Waals surface area contributed by atoms with Gasteiger partial charge in [0.25, 0.3) is 0 Å². The van der Waals surface area contributed by atoms with E-state index in [9.17, 15) is 0 Å². The first-order chi connectivity index (χ1) is 6.77. The lowest BCUT2D eigenvalue weighted by molar-refractivity contribution is 0.417. The van der Waals surface area contributed by atoms with Crippen molar-refractivity contribution in [1.82, 2.24) is 0 Å². The maximum absolute atomic E-state index is 5.41. The molecule has 0 atom stereocenters. The number of methoxy groups -OCH3 is 1. The van der Waals surface area contributed by atoms with Crippen LogP contribution in [0.15, 0.2) is 22.4 Å². The second kappa shape index (κ2) is 4.28. The maximum atomic E-state index is 5.41. The van der Waals surface area contributed by atoms with E-state index in [2.05, 4.69) is 46.4 Å². The monoisotopic (exact) mass is 336 g/mol. The third-order valence-corrected chi connectivity index (χ3v) is 4.53. The van der Waals surface area contributed by atoms with E-state index >= 15 is 0 Å². The van der Waals surface area contributed by atoms with Gasteiger partial charge in [-0.1, -0.05) is 0 Å². The Hall–Kier alpha value is 0.0600. The van der Waals surface area contributed by atoms with Crippen LogP contribution in [0.5, 0.6) is 5.75 Å². The first-order valence-electron chi connectivity index (χ1n) is 4.05. The number of rotatable bonds is 2. The second-order valence-corrected chi connectivity index (χ2v) is 5.68. The first kappa shape index (κ1) is 10.6. The molecule has 2 rings (SSSR count). The molecule has 0 spiro atoms. The Morgan fingerprint density at radius 3 is 2.93 bits per heavy atom. The minimum atomic E-state index is 1.01. The number of halogens is 1. The summed E-state index contributed by atoms with van der Waals surface area (Å²) in [6.07, 6.45) is 2.11. The van der Waals surface area contributed by atoms with Crippen LogP contribution in [0, 0.1) is 3.57 Å². The van der Waals surface area contributed by atoms with Gasteiger partial charge >= 0.3 is 0 Å². The third kappa shape index (κ3) is 1.63. The molecule has 0 aliphatic carbocycles. The molecule has 1 aromatic heterocycles. The number of benzene rings is 1. The number of ether oxygens (including phenoxy) is 1. The fourth-order valence-corrected chi connectivity index (χ4v) is 4.24. The molecule has 0 fully saturated rings. The van der Waals surface area contributed by atoms with Gasteiger partial charge in [-0.05, 0) is 46.4 Å². The van der Waals surface area contributed by atoms with E-state index in [0.717, 1.165) is 5.75 Å². The Morgan fingerprint density at radius 2 is 2.29 bits per heavy atom. The van der Waals surface area contributed by atoms with Gasteiger partial charge < -0.3 is 4.74 Å². The molecule has 1 heterocycles. The Morgan fingerprint density at radius 1 is 1.50 bits per heavy atom. The summed E-state index contributed by atoms with van der Waals surface area (Å²) in [7, 11) is 1.73. The minimum absolute atomic E-state index is 1.01. The highest BCUT2D eigenvalue weighted by atomic mass is 127. The van der Waals surface area contributed by atoms with E-state index in [-0.39, 0.29) is 0 Å². The fraction of sp³-hybridized carbons (Fsp3) is 0.200. The van der Waals surface area contributed by atoms with Crippen LogP contribution in [0.25, 0.3) is 10.1 Å². The molecule has 2 aromatic rings. The van der Waals surface area contributed by atoms with Crippen LogP contribution in [0.1, 0.15) is 0 Å².